The number of benzene rings is 1. The first-order chi connectivity index (χ1) is 10.5. The van der Waals surface area contributed by atoms with Gasteiger partial charge in [0.25, 0.3) is 0 Å². The molecule has 1 heterocycles. The average Bonchev–Trinajstić information content (AvgIpc) is 2.79. The number of likely N-dealkylation sites (N-methyl/N-ethyl adjacent to an activating group) is 1. The molecule has 2 N–H and O–H groups in total. The number of nitrogens with one attached hydrogen (secondary N) is 2. The second-order valence-electron chi connectivity index (χ2n) is 5.55. The first kappa shape index (κ1) is 16.5. The number of hydrogen-bond donors (Lipinski definition) is 2. The first-order valence-corrected chi connectivity index (χ1v) is 7.48. The second-order valence-corrected chi connectivity index (χ2v) is 5.55. The Hall–Kier alpha value is -1.92. The lowest BCUT2D eigenvalue weighted by Crippen LogP contribution is -2.45. The highest BCUT2D eigenvalue weighted by atomic mass is 16.5. The molecule has 2 amide bonds. The van der Waals surface area contributed by atoms with Crippen molar-refractivity contribution in [3.63, 3.8) is 0 Å². The highest BCUT2D eigenvalue weighted by molar-refractivity contribution is 5.95. The van der Waals surface area contributed by atoms with E-state index in [9.17, 15) is 9.59 Å². The molecule has 0 spiro atoms. The van der Waals surface area contributed by atoms with Crippen molar-refractivity contribution < 1.29 is 14.3 Å². The highest BCUT2D eigenvalue weighted by Crippen LogP contribution is 2.13. The summed E-state index contributed by atoms with van der Waals surface area (Å²) >= 11 is 0. The summed E-state index contributed by atoms with van der Waals surface area (Å²) in [6.45, 7) is 5.67. The van der Waals surface area contributed by atoms with Crippen LogP contribution in [0.25, 0.3) is 0 Å². The Morgan fingerprint density at radius 1 is 1.27 bits per heavy atom. The molecule has 120 valence electrons. The molecule has 2 rings (SSSR count). The van der Waals surface area contributed by atoms with Crippen molar-refractivity contribution in [2.24, 2.45) is 0 Å². The largest absolute Gasteiger partial charge is 0.375 e. The van der Waals surface area contributed by atoms with Crippen molar-refractivity contribution in [1.82, 2.24) is 10.2 Å². The van der Waals surface area contributed by atoms with Gasteiger partial charge in [-0.05, 0) is 45.2 Å². The Balaban J connectivity index is 1.90. The molecule has 0 aromatic heterocycles. The molecule has 1 aromatic carbocycles. The molecule has 2 unspecified atom stereocenters. The minimum Gasteiger partial charge on any atom is -0.375 e. The lowest BCUT2D eigenvalue weighted by atomic mass is 10.1. The summed E-state index contributed by atoms with van der Waals surface area (Å²) in [5, 5.41) is 5.72. The molecule has 1 aromatic rings. The van der Waals surface area contributed by atoms with Gasteiger partial charge < -0.3 is 20.3 Å². The highest BCUT2D eigenvalue weighted by Gasteiger charge is 2.32. The van der Waals surface area contributed by atoms with E-state index in [2.05, 4.69) is 15.5 Å². The van der Waals surface area contributed by atoms with Crippen LogP contribution >= 0.6 is 0 Å². The van der Waals surface area contributed by atoms with Gasteiger partial charge in [-0.1, -0.05) is 0 Å². The SMILES string of the molecule is CCOC1CN(C)CC1NC(=O)Nc1ccc(C(C)=O)cc1. The molecular formula is C16H23N3O3. The maximum absolute atomic E-state index is 12.1. The van der Waals surface area contributed by atoms with Crippen LogP contribution in [0.15, 0.2) is 24.3 Å². The standard InChI is InChI=1S/C16H23N3O3/c1-4-22-15-10-19(3)9-14(15)18-16(21)17-13-7-5-12(6-8-13)11(2)20/h5-8,14-15H,4,9-10H2,1-3H3,(H2,17,18,21). The van der Waals surface area contributed by atoms with Gasteiger partial charge in [0.2, 0.25) is 0 Å². The van der Waals surface area contributed by atoms with Crippen molar-refractivity contribution in [1.29, 1.82) is 0 Å². The number of anilines is 1. The Kier molecular flexibility index (Phi) is 5.51. The number of hydrogen-bond acceptors (Lipinski definition) is 4. The average molecular weight is 305 g/mol. The van der Waals surface area contributed by atoms with Crippen LogP contribution < -0.4 is 10.6 Å². The molecule has 1 saturated heterocycles. The Morgan fingerprint density at radius 2 is 1.95 bits per heavy atom. The van der Waals surface area contributed by atoms with Gasteiger partial charge in [-0.2, -0.15) is 0 Å². The molecule has 1 aliphatic rings. The van der Waals surface area contributed by atoms with Gasteiger partial charge in [0, 0.05) is 30.9 Å². The van der Waals surface area contributed by atoms with E-state index >= 15 is 0 Å². The van der Waals surface area contributed by atoms with Gasteiger partial charge in [-0.15, -0.1) is 0 Å². The molecule has 6 heteroatoms. The topological polar surface area (TPSA) is 70.7 Å². The second kappa shape index (κ2) is 7.38. The van der Waals surface area contributed by atoms with E-state index in [4.69, 9.17) is 4.74 Å². The van der Waals surface area contributed by atoms with E-state index in [0.29, 0.717) is 17.9 Å². The molecule has 0 saturated carbocycles. The molecule has 1 fully saturated rings. The van der Waals surface area contributed by atoms with Crippen molar-refractivity contribution in [2.45, 2.75) is 26.0 Å². The minimum atomic E-state index is -0.263. The molecule has 0 aliphatic carbocycles. The quantitative estimate of drug-likeness (QED) is 0.813. The summed E-state index contributed by atoms with van der Waals surface area (Å²) in [6, 6.07) is 6.55. The fraction of sp³-hybridized carbons (Fsp3) is 0.500. The number of carbonyl (C=O) groups is 2. The van der Waals surface area contributed by atoms with Crippen molar-refractivity contribution in [3.8, 4) is 0 Å². The number of amides is 2. The lowest BCUT2D eigenvalue weighted by molar-refractivity contribution is 0.0568. The van der Waals surface area contributed by atoms with Crippen molar-refractivity contribution in [2.75, 3.05) is 32.1 Å². The first-order valence-electron chi connectivity index (χ1n) is 7.48. The van der Waals surface area contributed by atoms with Gasteiger partial charge in [0.05, 0.1) is 12.1 Å². The van der Waals surface area contributed by atoms with Gasteiger partial charge in [0.1, 0.15) is 0 Å². The van der Waals surface area contributed by atoms with E-state index in [-0.39, 0.29) is 24.0 Å². The number of ether oxygens (including phenoxy) is 1. The normalized spacial score (nSPS) is 21.6. The van der Waals surface area contributed by atoms with Crippen LogP contribution in [0.1, 0.15) is 24.2 Å². The molecule has 22 heavy (non-hydrogen) atoms. The third-order valence-corrected chi connectivity index (χ3v) is 3.70. The zero-order valence-electron chi connectivity index (χ0n) is 13.3. The van der Waals surface area contributed by atoms with E-state index in [1.807, 2.05) is 14.0 Å². The van der Waals surface area contributed by atoms with Crippen LogP contribution in [0.2, 0.25) is 0 Å². The summed E-state index contributed by atoms with van der Waals surface area (Å²) in [7, 11) is 2.01. The van der Waals surface area contributed by atoms with Crippen LogP contribution in [0.4, 0.5) is 10.5 Å². The fourth-order valence-electron chi connectivity index (χ4n) is 2.61. The zero-order chi connectivity index (χ0) is 16.1. The Labute approximate surface area is 130 Å². The number of ketones is 1. The summed E-state index contributed by atoms with van der Waals surface area (Å²) in [4.78, 5) is 25.4. The van der Waals surface area contributed by atoms with E-state index in [1.54, 1.807) is 24.3 Å². The van der Waals surface area contributed by atoms with E-state index in [0.717, 1.165) is 13.1 Å². The number of Topliss-reactive ketones (excluding diaryl/α,β-unsaturated/α-hetero) is 1. The summed E-state index contributed by atoms with van der Waals surface area (Å²) in [5.41, 5.74) is 1.28. The molecular weight excluding hydrogens is 282 g/mol. The maximum Gasteiger partial charge on any atom is 0.319 e. The zero-order valence-corrected chi connectivity index (χ0v) is 13.3. The van der Waals surface area contributed by atoms with Crippen molar-refractivity contribution >= 4 is 17.5 Å². The molecule has 1 aliphatic heterocycles. The number of urea groups is 1. The predicted molar refractivity (Wildman–Crippen MR) is 85.3 cm³/mol. The lowest BCUT2D eigenvalue weighted by Gasteiger charge is -2.20. The van der Waals surface area contributed by atoms with Gasteiger partial charge in [0.15, 0.2) is 5.78 Å². The van der Waals surface area contributed by atoms with Crippen LogP contribution in [0.5, 0.6) is 0 Å². The number of carbonyl (C=O) groups excluding carboxylic acids is 2. The monoisotopic (exact) mass is 305 g/mol. The number of nitrogens with zero attached hydrogens (tertiary/aromatic N) is 1. The van der Waals surface area contributed by atoms with Gasteiger partial charge in [-0.25, -0.2) is 4.79 Å². The van der Waals surface area contributed by atoms with E-state index in [1.165, 1.54) is 6.92 Å². The molecule has 0 bridgehead atoms. The summed E-state index contributed by atoms with van der Waals surface area (Å²) < 4.78 is 5.66. The minimum absolute atomic E-state index is 0.00421. The summed E-state index contributed by atoms with van der Waals surface area (Å²) in [6.07, 6.45) is 0.0147. The van der Waals surface area contributed by atoms with Crippen LogP contribution in [-0.4, -0.2) is 55.6 Å². The fourth-order valence-corrected chi connectivity index (χ4v) is 2.61. The molecule has 2 atom stereocenters. The van der Waals surface area contributed by atoms with Crippen molar-refractivity contribution in [3.05, 3.63) is 29.8 Å². The number of rotatable bonds is 5. The summed E-state index contributed by atoms with van der Waals surface area (Å²) in [5.74, 6) is 0.00421. The maximum atomic E-state index is 12.1. The predicted octanol–water partition coefficient (Wildman–Crippen LogP) is 1.73. The van der Waals surface area contributed by atoms with E-state index < -0.39 is 0 Å². The third-order valence-electron chi connectivity index (χ3n) is 3.70. The Morgan fingerprint density at radius 3 is 2.55 bits per heavy atom. The number of likely N-dealkylation sites (tertiary alicyclic amines) is 1. The third kappa shape index (κ3) is 4.29. The van der Waals surface area contributed by atoms with Crippen LogP contribution in [0, 0.1) is 0 Å². The van der Waals surface area contributed by atoms with Crippen LogP contribution in [0.3, 0.4) is 0 Å². The van der Waals surface area contributed by atoms with Crippen LogP contribution in [-0.2, 0) is 4.74 Å². The van der Waals surface area contributed by atoms with Gasteiger partial charge in [-0.3, -0.25) is 4.79 Å². The Bertz CT molecular complexity index is 530. The smallest absolute Gasteiger partial charge is 0.319 e. The van der Waals surface area contributed by atoms with Gasteiger partial charge >= 0.3 is 6.03 Å². The molecule has 0 radical (unpaired) electrons. The molecule has 6 nitrogen and oxygen atoms in total.